The van der Waals surface area contributed by atoms with Gasteiger partial charge in [-0.2, -0.15) is 0 Å². The van der Waals surface area contributed by atoms with Gasteiger partial charge in [-0.3, -0.25) is 0 Å². The van der Waals surface area contributed by atoms with Crippen LogP contribution in [0, 0.1) is 0 Å². The zero-order chi connectivity index (χ0) is 13.7. The Balaban J connectivity index is 0. The number of hydrogen-bond acceptors (Lipinski definition) is 0. The molecule has 0 amide bonds. The van der Waals surface area contributed by atoms with E-state index in [1.807, 2.05) is 0 Å². The van der Waals surface area contributed by atoms with Crippen molar-refractivity contribution in [3.63, 3.8) is 0 Å². The lowest BCUT2D eigenvalue weighted by atomic mass is 10.1. The Morgan fingerprint density at radius 2 is 1.05 bits per heavy atom. The minimum absolute atomic E-state index is 0. The molecule has 0 aliphatic heterocycles. The molecular weight excluding hydrogens is 366 g/mol. The van der Waals surface area contributed by atoms with Crippen LogP contribution in [0.5, 0.6) is 0 Å². The van der Waals surface area contributed by atoms with Crippen LogP contribution in [-0.4, -0.2) is 29.6 Å². The molecule has 0 aromatic rings. The number of quaternary nitrogens is 1. The van der Waals surface area contributed by atoms with Gasteiger partial charge in [-0.05, 0) is 48.0 Å². The summed E-state index contributed by atoms with van der Waals surface area (Å²) in [5, 5.41) is 0. The fourth-order valence-corrected chi connectivity index (χ4v) is 3.33. The molecule has 0 fully saturated rings. The Labute approximate surface area is 141 Å². The molecule has 0 saturated carbocycles. The van der Waals surface area contributed by atoms with Crippen LogP contribution in [0.25, 0.3) is 0 Å². The van der Waals surface area contributed by atoms with Gasteiger partial charge in [0.1, 0.15) is 5.45 Å². The second-order valence-electron chi connectivity index (χ2n) is 5.75. The molecule has 19 heavy (non-hydrogen) atoms. The zero-order valence-corrected chi connectivity index (χ0v) is 16.6. The smallest absolute Gasteiger partial charge is 0.134 e. The van der Waals surface area contributed by atoms with Gasteiger partial charge in [0.25, 0.3) is 0 Å². The Morgan fingerprint density at radius 3 is 1.53 bits per heavy atom. The number of nitrogens with zero attached hydrogens (tertiary/aromatic N) is 1. The molecule has 1 atom stereocenters. The van der Waals surface area contributed by atoms with Gasteiger partial charge in [0.15, 0.2) is 0 Å². The van der Waals surface area contributed by atoms with Crippen molar-refractivity contribution in [3.8, 4) is 0 Å². The monoisotopic (exact) mass is 399 g/mol. The number of alkyl halides is 1. The van der Waals surface area contributed by atoms with E-state index in [0.717, 1.165) is 5.45 Å². The molecule has 0 aliphatic carbocycles. The van der Waals surface area contributed by atoms with Crippen LogP contribution in [0.1, 0.15) is 78.6 Å². The summed E-state index contributed by atoms with van der Waals surface area (Å²) in [6.45, 7) is 11.0. The van der Waals surface area contributed by atoms with Crippen LogP contribution in [0.3, 0.4) is 0 Å². The van der Waals surface area contributed by atoms with Gasteiger partial charge in [-0.1, -0.05) is 46.5 Å². The quantitative estimate of drug-likeness (QED) is 0.193. The highest BCUT2D eigenvalue weighted by Crippen LogP contribution is 2.17. The van der Waals surface area contributed by atoms with E-state index in [4.69, 9.17) is 0 Å². The van der Waals surface area contributed by atoms with Gasteiger partial charge < -0.3 is 21.5 Å². The third-order valence-electron chi connectivity index (χ3n) is 3.96. The third-order valence-corrected chi connectivity index (χ3v) is 5.03. The van der Waals surface area contributed by atoms with Crippen molar-refractivity contribution < 1.29 is 21.5 Å². The first-order valence-electron chi connectivity index (χ1n) is 8.15. The summed E-state index contributed by atoms with van der Waals surface area (Å²) in [5.74, 6) is 0. The summed E-state index contributed by atoms with van der Waals surface area (Å²) < 4.78 is 1.32. The largest absolute Gasteiger partial charge is 1.00 e. The Morgan fingerprint density at radius 1 is 0.632 bits per heavy atom. The summed E-state index contributed by atoms with van der Waals surface area (Å²) >= 11 is 3.80. The molecule has 0 aromatic heterocycles. The first-order chi connectivity index (χ1) is 8.74. The molecule has 1 nitrogen and oxygen atoms in total. The zero-order valence-electron chi connectivity index (χ0n) is 13.4. The van der Waals surface area contributed by atoms with E-state index in [-0.39, 0.29) is 17.0 Å². The van der Waals surface area contributed by atoms with Crippen LogP contribution in [0.4, 0.5) is 0 Å². The average Bonchev–Trinajstić information content (AvgIpc) is 2.40. The molecule has 0 saturated heterocycles. The molecule has 0 bridgehead atoms. The van der Waals surface area contributed by atoms with E-state index in [1.165, 1.54) is 81.9 Å². The lowest BCUT2D eigenvalue weighted by Gasteiger charge is -2.37. The van der Waals surface area contributed by atoms with Crippen molar-refractivity contribution in [1.82, 2.24) is 0 Å². The van der Waals surface area contributed by atoms with E-state index in [9.17, 15) is 0 Å². The number of halogens is 2. The second kappa shape index (κ2) is 15.3. The van der Waals surface area contributed by atoms with Crippen molar-refractivity contribution in [2.24, 2.45) is 0 Å². The fraction of sp³-hybridized carbons (Fsp3) is 1.00. The molecule has 118 valence electrons. The lowest BCUT2D eigenvalue weighted by molar-refractivity contribution is -0.915. The summed E-state index contributed by atoms with van der Waals surface area (Å²) in [6.07, 6.45) is 12.4. The van der Waals surface area contributed by atoms with E-state index in [1.54, 1.807) is 0 Å². The standard InChI is InChI=1S/C16H35BrN.BrH/c1-4-7-10-12-15-18(16-17,13-9-6-3)14-11-8-5-2;/h4-16H2,1-3H3;1H/q+1;/p-1. The number of rotatable bonds is 13. The van der Waals surface area contributed by atoms with Gasteiger partial charge in [0, 0.05) is 0 Å². The van der Waals surface area contributed by atoms with Crippen LogP contribution in [0.2, 0.25) is 0 Å². The Kier molecular flexibility index (Phi) is 17.9. The van der Waals surface area contributed by atoms with Crippen LogP contribution in [0.15, 0.2) is 0 Å². The lowest BCUT2D eigenvalue weighted by Crippen LogP contribution is -3.00. The van der Waals surface area contributed by atoms with Gasteiger partial charge in [-0.25, -0.2) is 0 Å². The van der Waals surface area contributed by atoms with E-state index < -0.39 is 0 Å². The Hall–Kier alpha value is 0.920. The highest BCUT2D eigenvalue weighted by atomic mass is 79.9. The molecule has 3 heteroatoms. The number of unbranched alkanes of at least 4 members (excludes halogenated alkanes) is 6. The third kappa shape index (κ3) is 11.3. The fourth-order valence-electron chi connectivity index (χ4n) is 2.58. The van der Waals surface area contributed by atoms with Gasteiger partial charge in [-0.15, -0.1) is 0 Å². The maximum atomic E-state index is 3.80. The SMILES string of the molecule is CCCCCC[N+](CBr)(CCCC)CCCCC.[Br-]. The van der Waals surface area contributed by atoms with Crippen molar-refractivity contribution in [2.75, 3.05) is 25.1 Å². The van der Waals surface area contributed by atoms with Crippen LogP contribution in [-0.2, 0) is 0 Å². The van der Waals surface area contributed by atoms with Crippen molar-refractivity contribution >= 4 is 15.9 Å². The van der Waals surface area contributed by atoms with E-state index in [2.05, 4.69) is 36.7 Å². The van der Waals surface area contributed by atoms with Crippen molar-refractivity contribution in [2.45, 2.75) is 78.6 Å². The van der Waals surface area contributed by atoms with Crippen LogP contribution < -0.4 is 17.0 Å². The molecule has 1 unspecified atom stereocenters. The predicted octanol–water partition coefficient (Wildman–Crippen LogP) is 2.73. The maximum Gasteiger partial charge on any atom is 0.134 e. The highest BCUT2D eigenvalue weighted by Gasteiger charge is 2.24. The first kappa shape index (κ1) is 22.2. The normalized spacial score (nSPS) is 13.9. The molecule has 0 N–H and O–H groups in total. The summed E-state index contributed by atoms with van der Waals surface area (Å²) in [7, 11) is 0. The molecule has 0 radical (unpaired) electrons. The number of hydrogen-bond donors (Lipinski definition) is 0. The maximum absolute atomic E-state index is 3.80. The molecular formula is C16H35Br2N. The molecule has 0 aliphatic rings. The van der Waals surface area contributed by atoms with Crippen molar-refractivity contribution in [3.05, 3.63) is 0 Å². The van der Waals surface area contributed by atoms with Gasteiger partial charge in [0.2, 0.25) is 0 Å². The van der Waals surface area contributed by atoms with Gasteiger partial charge >= 0.3 is 0 Å². The minimum atomic E-state index is 0. The van der Waals surface area contributed by atoms with Gasteiger partial charge in [0.05, 0.1) is 19.6 Å². The molecule has 0 spiro atoms. The predicted molar refractivity (Wildman–Crippen MR) is 87.2 cm³/mol. The summed E-state index contributed by atoms with van der Waals surface area (Å²) in [5.41, 5.74) is 1.16. The van der Waals surface area contributed by atoms with Crippen LogP contribution >= 0.6 is 15.9 Å². The first-order valence-corrected chi connectivity index (χ1v) is 9.27. The van der Waals surface area contributed by atoms with E-state index in [0.29, 0.717) is 0 Å². The van der Waals surface area contributed by atoms with Crippen molar-refractivity contribution in [1.29, 1.82) is 0 Å². The highest BCUT2D eigenvalue weighted by molar-refractivity contribution is 9.09. The topological polar surface area (TPSA) is 0 Å². The van der Waals surface area contributed by atoms with E-state index >= 15 is 0 Å². The minimum Gasteiger partial charge on any atom is -1.00 e. The molecule has 0 rings (SSSR count). The summed E-state index contributed by atoms with van der Waals surface area (Å²) in [6, 6.07) is 0. The second-order valence-corrected chi connectivity index (χ2v) is 6.25. The Bertz CT molecular complexity index is 176. The molecule has 0 heterocycles. The molecule has 0 aromatic carbocycles. The summed E-state index contributed by atoms with van der Waals surface area (Å²) in [4.78, 5) is 0. The average molecular weight is 401 g/mol.